The standard InChI is InChI=1S/C19H26N4O.HI/c1-14-7-5-8-16(11-14)15(2)12-22-19(20-3)23-13-17-9-6-10-21-18(17)24-4;/h5-11,15H,12-13H2,1-4H3,(H2,20,22,23);1H. The summed E-state index contributed by atoms with van der Waals surface area (Å²) < 4.78 is 5.27. The molecule has 25 heavy (non-hydrogen) atoms. The van der Waals surface area contributed by atoms with E-state index in [-0.39, 0.29) is 24.0 Å². The van der Waals surface area contributed by atoms with Crippen LogP contribution in [-0.2, 0) is 6.54 Å². The Balaban J connectivity index is 0.00000312. The highest BCUT2D eigenvalue weighted by atomic mass is 127. The number of nitrogens with one attached hydrogen (secondary N) is 2. The molecular formula is C19H27IN4O. The zero-order valence-electron chi connectivity index (χ0n) is 15.2. The Morgan fingerprint density at radius 1 is 1.24 bits per heavy atom. The molecule has 1 aromatic carbocycles. The van der Waals surface area contributed by atoms with E-state index in [2.05, 4.69) is 58.7 Å². The van der Waals surface area contributed by atoms with Gasteiger partial charge in [0.25, 0.3) is 0 Å². The van der Waals surface area contributed by atoms with Gasteiger partial charge in [0.2, 0.25) is 5.88 Å². The summed E-state index contributed by atoms with van der Waals surface area (Å²) in [4.78, 5) is 8.48. The van der Waals surface area contributed by atoms with Crippen LogP contribution in [0.15, 0.2) is 47.6 Å². The maximum absolute atomic E-state index is 5.27. The van der Waals surface area contributed by atoms with Crippen LogP contribution in [-0.4, -0.2) is 31.6 Å². The highest BCUT2D eigenvalue weighted by molar-refractivity contribution is 14.0. The van der Waals surface area contributed by atoms with E-state index in [0.29, 0.717) is 18.3 Å². The molecule has 2 rings (SSSR count). The summed E-state index contributed by atoms with van der Waals surface area (Å²) in [5, 5.41) is 6.67. The molecule has 0 saturated carbocycles. The Morgan fingerprint density at radius 3 is 2.72 bits per heavy atom. The number of halogens is 1. The maximum atomic E-state index is 5.27. The zero-order chi connectivity index (χ0) is 17.4. The smallest absolute Gasteiger partial charge is 0.218 e. The zero-order valence-corrected chi connectivity index (χ0v) is 17.6. The van der Waals surface area contributed by atoms with E-state index in [9.17, 15) is 0 Å². The molecule has 0 aliphatic heterocycles. The van der Waals surface area contributed by atoms with E-state index in [0.717, 1.165) is 18.1 Å². The summed E-state index contributed by atoms with van der Waals surface area (Å²) >= 11 is 0. The topological polar surface area (TPSA) is 58.5 Å². The lowest BCUT2D eigenvalue weighted by molar-refractivity contribution is 0.392. The summed E-state index contributed by atoms with van der Waals surface area (Å²) in [6.45, 7) is 5.74. The molecule has 0 saturated heterocycles. The van der Waals surface area contributed by atoms with Crippen molar-refractivity contribution >= 4 is 29.9 Å². The van der Waals surface area contributed by atoms with Crippen LogP contribution >= 0.6 is 24.0 Å². The quantitative estimate of drug-likeness (QED) is 0.399. The third-order valence-electron chi connectivity index (χ3n) is 3.90. The molecule has 136 valence electrons. The van der Waals surface area contributed by atoms with Gasteiger partial charge in [-0.05, 0) is 24.5 Å². The minimum Gasteiger partial charge on any atom is -0.481 e. The molecule has 5 nitrogen and oxygen atoms in total. The third kappa shape index (κ3) is 6.53. The number of guanidine groups is 1. The number of aryl methyl sites for hydroxylation is 1. The fourth-order valence-electron chi connectivity index (χ4n) is 2.49. The van der Waals surface area contributed by atoms with Gasteiger partial charge in [-0.15, -0.1) is 24.0 Å². The number of hydrogen-bond donors (Lipinski definition) is 2. The fourth-order valence-corrected chi connectivity index (χ4v) is 2.49. The van der Waals surface area contributed by atoms with Gasteiger partial charge in [0, 0.05) is 31.9 Å². The van der Waals surface area contributed by atoms with Crippen molar-refractivity contribution in [3.8, 4) is 5.88 Å². The van der Waals surface area contributed by atoms with E-state index < -0.39 is 0 Å². The van der Waals surface area contributed by atoms with Crippen LogP contribution < -0.4 is 15.4 Å². The van der Waals surface area contributed by atoms with Crippen LogP contribution in [0.2, 0.25) is 0 Å². The van der Waals surface area contributed by atoms with Crippen LogP contribution in [0.1, 0.15) is 29.5 Å². The first-order valence-electron chi connectivity index (χ1n) is 8.13. The van der Waals surface area contributed by atoms with Gasteiger partial charge >= 0.3 is 0 Å². The van der Waals surface area contributed by atoms with Gasteiger partial charge in [-0.1, -0.05) is 42.8 Å². The second-order valence-corrected chi connectivity index (χ2v) is 5.79. The summed E-state index contributed by atoms with van der Waals surface area (Å²) in [7, 11) is 3.40. The van der Waals surface area contributed by atoms with Crippen molar-refractivity contribution < 1.29 is 4.74 Å². The Hall–Kier alpha value is -1.83. The summed E-state index contributed by atoms with van der Waals surface area (Å²) in [5.74, 6) is 1.80. The molecule has 0 fully saturated rings. The predicted molar refractivity (Wildman–Crippen MR) is 114 cm³/mol. The second kappa shape index (κ2) is 10.9. The number of pyridine rings is 1. The molecule has 1 unspecified atom stereocenters. The number of methoxy groups -OCH3 is 1. The minimum absolute atomic E-state index is 0. The second-order valence-electron chi connectivity index (χ2n) is 5.79. The number of nitrogens with zero attached hydrogens (tertiary/aromatic N) is 2. The number of benzene rings is 1. The van der Waals surface area contributed by atoms with Gasteiger partial charge in [-0.3, -0.25) is 4.99 Å². The van der Waals surface area contributed by atoms with E-state index >= 15 is 0 Å². The lowest BCUT2D eigenvalue weighted by Crippen LogP contribution is -2.38. The van der Waals surface area contributed by atoms with E-state index in [1.54, 1.807) is 20.4 Å². The lowest BCUT2D eigenvalue weighted by Gasteiger charge is -2.17. The van der Waals surface area contributed by atoms with Crippen molar-refractivity contribution in [2.75, 3.05) is 20.7 Å². The van der Waals surface area contributed by atoms with Crippen LogP contribution in [0.5, 0.6) is 5.88 Å². The Bertz CT molecular complexity index is 691. The number of ether oxygens (including phenoxy) is 1. The largest absolute Gasteiger partial charge is 0.481 e. The number of aromatic nitrogens is 1. The first-order valence-corrected chi connectivity index (χ1v) is 8.13. The summed E-state index contributed by atoms with van der Waals surface area (Å²) in [6, 6.07) is 12.5. The summed E-state index contributed by atoms with van der Waals surface area (Å²) in [6.07, 6.45) is 1.72. The van der Waals surface area contributed by atoms with E-state index in [4.69, 9.17) is 4.74 Å². The molecule has 1 atom stereocenters. The van der Waals surface area contributed by atoms with Crippen LogP contribution in [0.4, 0.5) is 0 Å². The minimum atomic E-state index is 0. The third-order valence-corrected chi connectivity index (χ3v) is 3.90. The maximum Gasteiger partial charge on any atom is 0.218 e. The molecule has 1 heterocycles. The molecule has 0 bridgehead atoms. The molecule has 2 N–H and O–H groups in total. The Kier molecular flexibility index (Phi) is 9.26. The number of hydrogen-bond acceptors (Lipinski definition) is 3. The molecule has 0 radical (unpaired) electrons. The molecule has 1 aromatic heterocycles. The van der Waals surface area contributed by atoms with Crippen molar-refractivity contribution in [1.29, 1.82) is 0 Å². The Morgan fingerprint density at radius 2 is 2.04 bits per heavy atom. The average Bonchev–Trinajstić information content (AvgIpc) is 2.62. The molecule has 2 aromatic rings. The lowest BCUT2D eigenvalue weighted by atomic mass is 9.99. The first kappa shape index (κ1) is 21.2. The Labute approximate surface area is 167 Å². The highest BCUT2D eigenvalue weighted by Gasteiger charge is 2.08. The van der Waals surface area contributed by atoms with Crippen molar-refractivity contribution in [2.24, 2.45) is 4.99 Å². The highest BCUT2D eigenvalue weighted by Crippen LogP contribution is 2.15. The monoisotopic (exact) mass is 454 g/mol. The van der Waals surface area contributed by atoms with E-state index in [1.807, 2.05) is 12.1 Å². The molecule has 0 spiro atoms. The number of aliphatic imine (C=N–C) groups is 1. The van der Waals surface area contributed by atoms with Gasteiger partial charge in [0.1, 0.15) is 0 Å². The van der Waals surface area contributed by atoms with Crippen molar-refractivity contribution in [3.63, 3.8) is 0 Å². The van der Waals surface area contributed by atoms with Crippen LogP contribution in [0, 0.1) is 6.92 Å². The average molecular weight is 454 g/mol. The first-order chi connectivity index (χ1) is 11.6. The van der Waals surface area contributed by atoms with Crippen molar-refractivity contribution in [3.05, 3.63) is 59.3 Å². The molecule has 0 amide bonds. The fraction of sp³-hybridized carbons (Fsp3) is 0.368. The molecule has 0 aliphatic rings. The van der Waals surface area contributed by atoms with Gasteiger partial charge in [0.15, 0.2) is 5.96 Å². The molecule has 6 heteroatoms. The van der Waals surface area contributed by atoms with Crippen molar-refractivity contribution in [2.45, 2.75) is 26.3 Å². The predicted octanol–water partition coefficient (Wildman–Crippen LogP) is 3.49. The van der Waals surface area contributed by atoms with Crippen molar-refractivity contribution in [1.82, 2.24) is 15.6 Å². The number of rotatable bonds is 6. The van der Waals surface area contributed by atoms with Gasteiger partial charge in [-0.2, -0.15) is 0 Å². The van der Waals surface area contributed by atoms with Gasteiger partial charge in [0.05, 0.1) is 7.11 Å². The normalized spacial score (nSPS) is 12.1. The molecule has 0 aliphatic carbocycles. The SMILES string of the molecule is CN=C(NCc1cccnc1OC)NCC(C)c1cccc(C)c1.I. The van der Waals surface area contributed by atoms with E-state index in [1.165, 1.54) is 11.1 Å². The molecular weight excluding hydrogens is 427 g/mol. The van der Waals surface area contributed by atoms with Crippen LogP contribution in [0.3, 0.4) is 0 Å². The summed E-state index contributed by atoms with van der Waals surface area (Å²) in [5.41, 5.74) is 3.60. The van der Waals surface area contributed by atoms with Gasteiger partial charge < -0.3 is 15.4 Å². The van der Waals surface area contributed by atoms with Gasteiger partial charge in [-0.25, -0.2) is 4.98 Å². The van der Waals surface area contributed by atoms with Crippen LogP contribution in [0.25, 0.3) is 0 Å².